The summed E-state index contributed by atoms with van der Waals surface area (Å²) in [7, 11) is -0.236. The highest BCUT2D eigenvalue weighted by Crippen LogP contribution is 2.41. The second-order valence-corrected chi connectivity index (χ2v) is 11.9. The van der Waals surface area contributed by atoms with Crippen molar-refractivity contribution in [2.24, 2.45) is 20.3 Å². The maximum absolute atomic E-state index is 12.2. The fraction of sp³-hybridized carbons (Fsp3) is 0.0476. The van der Waals surface area contributed by atoms with Gasteiger partial charge in [-0.05, 0) is 52.6 Å². The van der Waals surface area contributed by atoms with Crippen LogP contribution < -0.4 is 10.2 Å². The summed E-state index contributed by atoms with van der Waals surface area (Å²) in [5, 5.41) is 60.4. The SMILES string of the molecule is C.[B]N=Nc1c(S(=O)(=O)[O-])cc2cc(SOOO)ccc2c1[O-].[B]N=Nc1c([O-])c(S(=O)(=O)[O-])cc2cc(SOOO)ccc12. The van der Waals surface area contributed by atoms with Crippen molar-refractivity contribution in [1.82, 2.24) is 0 Å². The Bertz CT molecular complexity index is 1970. The Morgan fingerprint density at radius 1 is 0.667 bits per heavy atom. The Morgan fingerprint density at radius 3 is 1.58 bits per heavy atom. The molecule has 24 heteroatoms. The maximum Gasteiger partial charge on any atom is 0.293 e. The van der Waals surface area contributed by atoms with E-state index in [9.17, 15) is 36.2 Å². The average molecular weight is 696 g/mol. The topological polar surface area (TPSA) is 287 Å². The van der Waals surface area contributed by atoms with Gasteiger partial charge in [0.15, 0.2) is 0 Å². The van der Waals surface area contributed by atoms with Gasteiger partial charge in [-0.3, -0.25) is 10.1 Å². The van der Waals surface area contributed by atoms with Crippen LogP contribution in [-0.4, -0.2) is 52.4 Å². The monoisotopic (exact) mass is 696 g/mol. The molecule has 0 saturated heterocycles. The third kappa shape index (κ3) is 9.32. The molecular formula is C21H14B2N4O14S4-4. The molecule has 4 radical (unpaired) electrons. The highest BCUT2D eigenvalue weighted by Gasteiger charge is 2.14. The Labute approximate surface area is 265 Å². The van der Waals surface area contributed by atoms with Crippen LogP contribution in [-0.2, 0) is 39.0 Å². The van der Waals surface area contributed by atoms with Crippen molar-refractivity contribution in [3.05, 3.63) is 48.5 Å². The Hall–Kier alpha value is -3.39. The summed E-state index contributed by atoms with van der Waals surface area (Å²) >= 11 is 1.22. The summed E-state index contributed by atoms with van der Waals surface area (Å²) in [6, 6.07) is 10.4. The van der Waals surface area contributed by atoms with E-state index in [0.29, 0.717) is 33.9 Å². The van der Waals surface area contributed by atoms with Crippen molar-refractivity contribution in [2.75, 3.05) is 0 Å². The van der Waals surface area contributed by atoms with Crippen molar-refractivity contribution in [2.45, 2.75) is 27.0 Å². The molecule has 18 nitrogen and oxygen atoms in total. The number of rotatable bonds is 10. The lowest BCUT2D eigenvalue weighted by Gasteiger charge is -2.20. The highest BCUT2D eigenvalue weighted by molar-refractivity contribution is 7.94. The zero-order chi connectivity index (χ0) is 32.7. The average Bonchev–Trinajstić information content (AvgIpc) is 2.96. The van der Waals surface area contributed by atoms with Gasteiger partial charge in [0.05, 0.1) is 40.4 Å². The molecule has 0 amide bonds. The van der Waals surface area contributed by atoms with Gasteiger partial charge in [-0.1, -0.05) is 41.1 Å². The predicted octanol–water partition coefficient (Wildman–Crippen LogP) is 3.46. The molecule has 0 fully saturated rings. The Kier molecular flexibility index (Phi) is 13.7. The summed E-state index contributed by atoms with van der Waals surface area (Å²) in [5.41, 5.74) is -1.02. The number of benzene rings is 4. The molecule has 4 aromatic rings. The summed E-state index contributed by atoms with van der Waals surface area (Å²) in [6.07, 6.45) is 0. The number of hydrogen-bond acceptors (Lipinski definition) is 20. The van der Waals surface area contributed by atoms with Crippen LogP contribution in [0.5, 0.6) is 11.5 Å². The number of fused-ring (bicyclic) bond motifs is 2. The van der Waals surface area contributed by atoms with E-state index in [1.807, 2.05) is 0 Å². The second-order valence-electron chi connectivity index (χ2n) is 7.66. The predicted molar refractivity (Wildman–Crippen MR) is 151 cm³/mol. The van der Waals surface area contributed by atoms with Gasteiger partial charge >= 0.3 is 0 Å². The first-order chi connectivity index (χ1) is 20.8. The minimum atomic E-state index is -5.00. The lowest BCUT2D eigenvalue weighted by molar-refractivity contribution is -0.432. The normalized spacial score (nSPS) is 12.0. The fourth-order valence-corrected chi connectivity index (χ4v) is 5.59. The number of nitrogens with zero attached hydrogens (tertiary/aromatic N) is 4. The third-order valence-electron chi connectivity index (χ3n) is 5.18. The fourth-order valence-electron chi connectivity index (χ4n) is 3.54. The van der Waals surface area contributed by atoms with Gasteiger partial charge in [0.1, 0.15) is 20.2 Å². The first kappa shape index (κ1) is 37.8. The largest absolute Gasteiger partial charge is 0.871 e. The summed E-state index contributed by atoms with van der Waals surface area (Å²) in [4.78, 5) is -1.03. The molecular weight excluding hydrogens is 682 g/mol. The maximum atomic E-state index is 12.2. The van der Waals surface area contributed by atoms with Gasteiger partial charge in [-0.15, -0.1) is 8.67 Å². The van der Waals surface area contributed by atoms with Gasteiger partial charge in [-0.25, -0.2) is 27.4 Å². The molecule has 0 aliphatic heterocycles. The quantitative estimate of drug-likeness (QED) is 0.0599. The first-order valence-corrected chi connectivity index (χ1v) is 15.1. The van der Waals surface area contributed by atoms with Crippen molar-refractivity contribution in [3.63, 3.8) is 0 Å². The molecule has 0 aromatic heterocycles. The van der Waals surface area contributed by atoms with Gasteiger partial charge < -0.3 is 19.3 Å². The van der Waals surface area contributed by atoms with E-state index >= 15 is 0 Å². The molecule has 236 valence electrons. The van der Waals surface area contributed by atoms with Gasteiger partial charge in [0, 0.05) is 20.1 Å². The van der Waals surface area contributed by atoms with E-state index in [1.54, 1.807) is 0 Å². The molecule has 0 aliphatic rings. The molecule has 4 aromatic carbocycles. The molecule has 0 saturated carbocycles. The first-order valence-electron chi connectivity index (χ1n) is 10.8. The van der Waals surface area contributed by atoms with Crippen LogP contribution in [0.1, 0.15) is 7.43 Å². The molecule has 0 atom stereocenters. The van der Waals surface area contributed by atoms with Gasteiger partial charge in [-0.2, -0.15) is 10.2 Å². The lowest BCUT2D eigenvalue weighted by Crippen LogP contribution is -2.05. The van der Waals surface area contributed by atoms with Crippen LogP contribution in [0.3, 0.4) is 0 Å². The second kappa shape index (κ2) is 16.3. The van der Waals surface area contributed by atoms with E-state index in [2.05, 4.69) is 39.0 Å². The van der Waals surface area contributed by atoms with Crippen LogP contribution in [0.2, 0.25) is 0 Å². The van der Waals surface area contributed by atoms with E-state index in [1.165, 1.54) is 36.4 Å². The van der Waals surface area contributed by atoms with Crippen LogP contribution in [0.15, 0.2) is 88.4 Å². The third-order valence-corrected chi connectivity index (χ3v) is 8.02. The molecule has 0 bridgehead atoms. The molecule has 0 aliphatic carbocycles. The minimum absolute atomic E-state index is 0. The van der Waals surface area contributed by atoms with Crippen molar-refractivity contribution in [3.8, 4) is 11.5 Å². The van der Waals surface area contributed by atoms with Crippen molar-refractivity contribution in [1.29, 1.82) is 0 Å². The van der Waals surface area contributed by atoms with E-state index in [0.717, 1.165) is 12.1 Å². The number of hydrogen-bond donors (Lipinski definition) is 2. The summed E-state index contributed by atoms with van der Waals surface area (Å²) in [5.74, 6) is -1.90. The van der Waals surface area contributed by atoms with Gasteiger partial charge in [0.25, 0.3) is 16.0 Å². The molecule has 2 N–H and O–H groups in total. The zero-order valence-electron chi connectivity index (χ0n) is 21.0. The molecule has 0 unspecified atom stereocenters. The molecule has 0 heterocycles. The molecule has 45 heavy (non-hydrogen) atoms. The Balaban J connectivity index is 0.000000307. The van der Waals surface area contributed by atoms with Crippen LogP contribution in [0.25, 0.3) is 21.5 Å². The van der Waals surface area contributed by atoms with E-state index in [-0.39, 0.29) is 34.7 Å². The van der Waals surface area contributed by atoms with E-state index in [4.69, 9.17) is 26.5 Å². The van der Waals surface area contributed by atoms with E-state index < -0.39 is 47.2 Å². The highest BCUT2D eigenvalue weighted by atomic mass is 32.2. The van der Waals surface area contributed by atoms with Crippen molar-refractivity contribution >= 4 is 93.2 Å². The van der Waals surface area contributed by atoms with Crippen molar-refractivity contribution < 1.29 is 65.4 Å². The summed E-state index contributed by atoms with van der Waals surface area (Å²) in [6.45, 7) is 0. The van der Waals surface area contributed by atoms with Crippen LogP contribution in [0, 0.1) is 0 Å². The van der Waals surface area contributed by atoms with Crippen LogP contribution >= 0.6 is 24.1 Å². The Morgan fingerprint density at radius 2 is 1.11 bits per heavy atom. The summed E-state index contributed by atoms with van der Waals surface area (Å²) < 4.78 is 75.7. The molecule has 4 rings (SSSR count). The molecule has 0 spiro atoms. The zero-order valence-corrected chi connectivity index (χ0v) is 24.3. The minimum Gasteiger partial charge on any atom is -0.871 e. The van der Waals surface area contributed by atoms with Gasteiger partial charge in [0.2, 0.25) is 0 Å². The standard InChI is InChI=1S/2C10H7BN2O7S2.CH4/c11-13-12-9-8(22(16,17)18)4-5-3-6(21-20-19-15)1-2-7(5)10(9)14;11-13-12-9-7-2-1-6(21-20-19-15)3-5(7)4-8(10(9)14)22(16,17)18;/h2*1-4,14-15H,(H,16,17,18);1H4/p-4. The van der Waals surface area contributed by atoms with Crippen LogP contribution in [0.4, 0.5) is 11.4 Å². The smallest absolute Gasteiger partial charge is 0.293 e. The lowest BCUT2D eigenvalue weighted by atomic mass is 10.1.